The van der Waals surface area contributed by atoms with Gasteiger partial charge in [0.1, 0.15) is 5.41 Å². The molecule has 90 valence electrons. The van der Waals surface area contributed by atoms with Gasteiger partial charge in [0.25, 0.3) is 0 Å². The highest BCUT2D eigenvalue weighted by Gasteiger charge is 2.57. The van der Waals surface area contributed by atoms with Crippen LogP contribution < -0.4 is 5.32 Å². The Bertz CT molecular complexity index is 427. The van der Waals surface area contributed by atoms with Gasteiger partial charge in [0.2, 0.25) is 5.91 Å². The minimum absolute atomic E-state index is 0.256. The van der Waals surface area contributed by atoms with Crippen molar-refractivity contribution in [2.45, 2.75) is 19.4 Å². The van der Waals surface area contributed by atoms with Crippen LogP contribution in [0.2, 0.25) is 0 Å². The fourth-order valence-electron chi connectivity index (χ4n) is 1.70. The average molecular weight is 234 g/mol. The SMILES string of the molecule is COC(=O)C1(C(=O)NCc2cccnc2)CC1. The first kappa shape index (κ1) is 11.6. The lowest BCUT2D eigenvalue weighted by atomic mass is 10.1. The molecule has 0 bridgehead atoms. The second-order valence-corrected chi connectivity index (χ2v) is 4.12. The van der Waals surface area contributed by atoms with Crippen LogP contribution in [0.25, 0.3) is 0 Å². The second kappa shape index (κ2) is 4.53. The zero-order valence-electron chi connectivity index (χ0n) is 9.60. The number of hydrogen-bond acceptors (Lipinski definition) is 4. The summed E-state index contributed by atoms with van der Waals surface area (Å²) in [4.78, 5) is 27.3. The van der Waals surface area contributed by atoms with E-state index in [9.17, 15) is 9.59 Å². The van der Waals surface area contributed by atoms with Crippen molar-refractivity contribution in [2.24, 2.45) is 5.41 Å². The Labute approximate surface area is 99.2 Å². The molecule has 5 nitrogen and oxygen atoms in total. The van der Waals surface area contributed by atoms with Crippen molar-refractivity contribution in [3.05, 3.63) is 30.1 Å². The van der Waals surface area contributed by atoms with E-state index in [1.807, 2.05) is 6.07 Å². The summed E-state index contributed by atoms with van der Waals surface area (Å²) in [5.41, 5.74) is -0.0294. The first-order chi connectivity index (χ1) is 8.19. The monoisotopic (exact) mass is 234 g/mol. The summed E-state index contributed by atoms with van der Waals surface area (Å²) in [5, 5.41) is 2.74. The van der Waals surface area contributed by atoms with Crippen LogP contribution >= 0.6 is 0 Å². The Morgan fingerprint density at radius 1 is 1.53 bits per heavy atom. The van der Waals surface area contributed by atoms with Crippen molar-refractivity contribution in [1.29, 1.82) is 0 Å². The summed E-state index contributed by atoms with van der Waals surface area (Å²) in [5.74, 6) is -0.700. The fraction of sp³-hybridized carbons (Fsp3) is 0.417. The number of amides is 1. The molecule has 1 aromatic heterocycles. The molecular weight excluding hydrogens is 220 g/mol. The lowest BCUT2D eigenvalue weighted by molar-refractivity contribution is -0.152. The molecule has 0 aromatic carbocycles. The Hall–Kier alpha value is -1.91. The number of methoxy groups -OCH3 is 1. The third-order valence-corrected chi connectivity index (χ3v) is 2.94. The largest absolute Gasteiger partial charge is 0.468 e. The standard InChI is InChI=1S/C12H14N2O3/c1-17-11(16)12(4-5-12)10(15)14-8-9-3-2-6-13-7-9/h2-3,6-7H,4-5,8H2,1H3,(H,14,15). The van der Waals surface area contributed by atoms with Crippen LogP contribution in [0.5, 0.6) is 0 Å². The van der Waals surface area contributed by atoms with Crippen LogP contribution in [-0.4, -0.2) is 24.0 Å². The normalized spacial score (nSPS) is 16.1. The fourth-order valence-corrected chi connectivity index (χ4v) is 1.70. The summed E-state index contributed by atoms with van der Waals surface area (Å²) >= 11 is 0. The van der Waals surface area contributed by atoms with Crippen molar-refractivity contribution in [2.75, 3.05) is 7.11 Å². The minimum atomic E-state index is -0.934. The number of rotatable bonds is 4. The number of esters is 1. The lowest BCUT2D eigenvalue weighted by Gasteiger charge is -2.12. The highest BCUT2D eigenvalue weighted by atomic mass is 16.5. The van der Waals surface area contributed by atoms with Gasteiger partial charge in [-0.2, -0.15) is 0 Å². The van der Waals surface area contributed by atoms with Crippen LogP contribution in [0.1, 0.15) is 18.4 Å². The van der Waals surface area contributed by atoms with Crippen molar-refractivity contribution in [3.8, 4) is 0 Å². The molecule has 5 heteroatoms. The van der Waals surface area contributed by atoms with Crippen molar-refractivity contribution in [1.82, 2.24) is 10.3 Å². The van der Waals surface area contributed by atoms with Crippen LogP contribution in [-0.2, 0) is 20.9 Å². The van der Waals surface area contributed by atoms with Gasteiger partial charge in [-0.05, 0) is 24.5 Å². The molecule has 0 saturated heterocycles. The maximum Gasteiger partial charge on any atom is 0.321 e. The Morgan fingerprint density at radius 3 is 2.82 bits per heavy atom. The number of nitrogens with one attached hydrogen (secondary N) is 1. The first-order valence-corrected chi connectivity index (χ1v) is 5.45. The molecule has 1 saturated carbocycles. The van der Waals surface area contributed by atoms with Gasteiger partial charge in [-0.25, -0.2) is 0 Å². The van der Waals surface area contributed by atoms with Gasteiger partial charge >= 0.3 is 5.97 Å². The Balaban J connectivity index is 1.92. The Kier molecular flexibility index (Phi) is 3.08. The summed E-state index contributed by atoms with van der Waals surface area (Å²) in [6.45, 7) is 0.380. The molecule has 2 rings (SSSR count). The molecule has 1 aliphatic rings. The maximum atomic E-state index is 11.9. The van der Waals surface area contributed by atoms with Crippen molar-refractivity contribution >= 4 is 11.9 Å². The zero-order chi connectivity index (χ0) is 12.3. The van der Waals surface area contributed by atoms with E-state index < -0.39 is 11.4 Å². The van der Waals surface area contributed by atoms with E-state index in [0.29, 0.717) is 19.4 Å². The first-order valence-electron chi connectivity index (χ1n) is 5.45. The van der Waals surface area contributed by atoms with Gasteiger partial charge < -0.3 is 10.1 Å². The van der Waals surface area contributed by atoms with Crippen LogP contribution in [0.3, 0.4) is 0 Å². The van der Waals surface area contributed by atoms with Crippen molar-refractivity contribution in [3.63, 3.8) is 0 Å². The highest BCUT2D eigenvalue weighted by molar-refractivity contribution is 6.05. The summed E-state index contributed by atoms with van der Waals surface area (Å²) in [6, 6.07) is 3.67. The van der Waals surface area contributed by atoms with Crippen molar-refractivity contribution < 1.29 is 14.3 Å². The van der Waals surface area contributed by atoms with E-state index in [1.165, 1.54) is 7.11 Å². The number of ether oxygens (including phenoxy) is 1. The quantitative estimate of drug-likeness (QED) is 0.613. The van der Waals surface area contributed by atoms with Gasteiger partial charge in [-0.3, -0.25) is 14.6 Å². The molecule has 1 amide bonds. The summed E-state index contributed by atoms with van der Waals surface area (Å²) in [7, 11) is 1.30. The smallest absolute Gasteiger partial charge is 0.321 e. The predicted molar refractivity (Wildman–Crippen MR) is 59.8 cm³/mol. The molecular formula is C12H14N2O3. The summed E-state index contributed by atoms with van der Waals surface area (Å²) in [6.07, 6.45) is 4.48. The molecule has 17 heavy (non-hydrogen) atoms. The number of hydrogen-bond donors (Lipinski definition) is 1. The molecule has 0 unspecified atom stereocenters. The van der Waals surface area contributed by atoms with E-state index in [-0.39, 0.29) is 5.91 Å². The van der Waals surface area contributed by atoms with E-state index in [4.69, 9.17) is 0 Å². The maximum absolute atomic E-state index is 11.9. The van der Waals surface area contributed by atoms with Gasteiger partial charge in [0.05, 0.1) is 7.11 Å². The number of pyridine rings is 1. The van der Waals surface area contributed by atoms with Crippen LogP contribution in [0.4, 0.5) is 0 Å². The van der Waals surface area contributed by atoms with E-state index in [0.717, 1.165) is 5.56 Å². The molecule has 1 fully saturated rings. The third-order valence-electron chi connectivity index (χ3n) is 2.94. The number of carbonyl (C=O) groups excluding carboxylic acids is 2. The van der Waals surface area contributed by atoms with E-state index >= 15 is 0 Å². The molecule has 0 spiro atoms. The number of aromatic nitrogens is 1. The molecule has 0 aliphatic heterocycles. The summed E-state index contributed by atoms with van der Waals surface area (Å²) < 4.78 is 4.64. The van der Waals surface area contributed by atoms with Crippen LogP contribution in [0.15, 0.2) is 24.5 Å². The molecule has 1 heterocycles. The number of carbonyl (C=O) groups is 2. The van der Waals surface area contributed by atoms with Gasteiger partial charge in [-0.15, -0.1) is 0 Å². The highest BCUT2D eigenvalue weighted by Crippen LogP contribution is 2.46. The van der Waals surface area contributed by atoms with Gasteiger partial charge in [0.15, 0.2) is 0 Å². The van der Waals surface area contributed by atoms with Gasteiger partial charge in [0, 0.05) is 18.9 Å². The molecule has 1 N–H and O–H groups in total. The predicted octanol–water partition coefficient (Wildman–Crippen LogP) is 0.651. The number of nitrogens with zero attached hydrogens (tertiary/aromatic N) is 1. The topological polar surface area (TPSA) is 68.3 Å². The zero-order valence-corrected chi connectivity index (χ0v) is 9.60. The van der Waals surface area contributed by atoms with E-state index in [1.54, 1.807) is 18.5 Å². The third kappa shape index (κ3) is 2.27. The molecule has 0 radical (unpaired) electrons. The van der Waals surface area contributed by atoms with Gasteiger partial charge in [-0.1, -0.05) is 6.07 Å². The molecule has 1 aliphatic carbocycles. The lowest BCUT2D eigenvalue weighted by Crippen LogP contribution is -2.37. The Morgan fingerprint density at radius 2 is 2.29 bits per heavy atom. The average Bonchev–Trinajstić information content (AvgIpc) is 3.17. The van der Waals surface area contributed by atoms with E-state index in [2.05, 4.69) is 15.0 Å². The molecule has 1 aromatic rings. The minimum Gasteiger partial charge on any atom is -0.468 e. The van der Waals surface area contributed by atoms with Crippen LogP contribution in [0, 0.1) is 5.41 Å². The molecule has 0 atom stereocenters. The second-order valence-electron chi connectivity index (χ2n) is 4.12.